The first-order valence-corrected chi connectivity index (χ1v) is 9.03. The molecule has 6 nitrogen and oxygen atoms in total. The zero-order valence-electron chi connectivity index (χ0n) is 14.0. The number of hydrogen-bond acceptors (Lipinski definition) is 7. The van der Waals surface area contributed by atoms with Crippen molar-refractivity contribution in [1.82, 2.24) is 15.0 Å². The summed E-state index contributed by atoms with van der Waals surface area (Å²) in [7, 11) is 0. The number of nitrogens with zero attached hydrogens (tertiary/aromatic N) is 4. The monoisotopic (exact) mass is 353 g/mol. The van der Waals surface area contributed by atoms with Gasteiger partial charge in [0.15, 0.2) is 5.13 Å². The van der Waals surface area contributed by atoms with Gasteiger partial charge in [-0.05, 0) is 24.6 Å². The summed E-state index contributed by atoms with van der Waals surface area (Å²) in [5, 5.41) is 4.13. The van der Waals surface area contributed by atoms with E-state index in [0.29, 0.717) is 0 Å². The van der Waals surface area contributed by atoms with Gasteiger partial charge in [0.05, 0.1) is 18.1 Å². The van der Waals surface area contributed by atoms with Gasteiger partial charge in [0.1, 0.15) is 5.82 Å². The molecular formula is C18H19N5OS. The van der Waals surface area contributed by atoms with Crippen LogP contribution in [0.25, 0.3) is 10.4 Å². The van der Waals surface area contributed by atoms with E-state index >= 15 is 0 Å². The van der Waals surface area contributed by atoms with Gasteiger partial charge in [0.2, 0.25) is 0 Å². The summed E-state index contributed by atoms with van der Waals surface area (Å²) < 4.78 is 5.41. The van der Waals surface area contributed by atoms with E-state index in [4.69, 9.17) is 4.74 Å². The Kier molecular flexibility index (Phi) is 4.58. The zero-order chi connectivity index (χ0) is 17.1. The van der Waals surface area contributed by atoms with E-state index in [0.717, 1.165) is 58.9 Å². The zero-order valence-corrected chi connectivity index (χ0v) is 14.8. The number of pyridine rings is 2. The summed E-state index contributed by atoms with van der Waals surface area (Å²) >= 11 is 1.60. The molecule has 3 aromatic rings. The van der Waals surface area contributed by atoms with Crippen molar-refractivity contribution in [3.8, 4) is 10.4 Å². The number of aromatic nitrogens is 3. The molecule has 0 amide bonds. The molecule has 0 radical (unpaired) electrons. The van der Waals surface area contributed by atoms with Crippen LogP contribution in [0, 0.1) is 6.92 Å². The Morgan fingerprint density at radius 1 is 1.12 bits per heavy atom. The molecular weight excluding hydrogens is 334 g/mol. The third-order valence-electron chi connectivity index (χ3n) is 4.02. The molecule has 128 valence electrons. The predicted molar refractivity (Wildman–Crippen MR) is 101 cm³/mol. The highest BCUT2D eigenvalue weighted by Gasteiger charge is 2.12. The van der Waals surface area contributed by atoms with Gasteiger partial charge in [-0.3, -0.25) is 4.98 Å². The Morgan fingerprint density at radius 3 is 2.84 bits per heavy atom. The van der Waals surface area contributed by atoms with Crippen LogP contribution < -0.4 is 10.2 Å². The molecule has 1 saturated heterocycles. The van der Waals surface area contributed by atoms with Crippen LogP contribution >= 0.6 is 11.3 Å². The number of anilines is 3. The van der Waals surface area contributed by atoms with E-state index in [9.17, 15) is 0 Å². The van der Waals surface area contributed by atoms with Crippen molar-refractivity contribution in [2.45, 2.75) is 6.92 Å². The molecule has 4 rings (SSSR count). The Labute approximate surface area is 150 Å². The summed E-state index contributed by atoms with van der Waals surface area (Å²) in [5.74, 6) is 0.798. The van der Waals surface area contributed by atoms with E-state index in [1.807, 2.05) is 37.8 Å². The number of ether oxygens (including phenoxy) is 1. The average molecular weight is 353 g/mol. The predicted octanol–water partition coefficient (Wildman–Crippen LogP) is 3.49. The van der Waals surface area contributed by atoms with Crippen molar-refractivity contribution in [1.29, 1.82) is 0 Å². The van der Waals surface area contributed by atoms with Gasteiger partial charge in [-0.1, -0.05) is 11.3 Å². The first kappa shape index (κ1) is 16.0. The van der Waals surface area contributed by atoms with Gasteiger partial charge in [0.25, 0.3) is 0 Å². The molecule has 3 aromatic heterocycles. The van der Waals surface area contributed by atoms with Crippen LogP contribution in [-0.2, 0) is 4.74 Å². The lowest BCUT2D eigenvalue weighted by Gasteiger charge is -2.28. The Balaban J connectivity index is 1.51. The second-order valence-corrected chi connectivity index (χ2v) is 6.93. The van der Waals surface area contributed by atoms with Crippen molar-refractivity contribution in [2.24, 2.45) is 0 Å². The highest BCUT2D eigenvalue weighted by molar-refractivity contribution is 7.18. The standard InChI is InChI=1S/C18H19N5OS/c1-13-8-14(11-19-10-13)16-12-21-18(25-16)22-17-9-15(2-3-20-17)23-4-6-24-7-5-23/h2-3,8-12H,4-7H2,1H3,(H,20,21,22). The van der Waals surface area contributed by atoms with Crippen LogP contribution in [0.2, 0.25) is 0 Å². The molecule has 7 heteroatoms. The van der Waals surface area contributed by atoms with Crippen LogP contribution in [0.3, 0.4) is 0 Å². The fourth-order valence-corrected chi connectivity index (χ4v) is 3.57. The summed E-state index contributed by atoms with van der Waals surface area (Å²) in [4.78, 5) is 16.5. The lowest BCUT2D eigenvalue weighted by molar-refractivity contribution is 0.122. The first-order chi connectivity index (χ1) is 12.3. The van der Waals surface area contributed by atoms with Crippen LogP contribution in [0.15, 0.2) is 43.0 Å². The van der Waals surface area contributed by atoms with Crippen LogP contribution in [0.1, 0.15) is 5.56 Å². The highest BCUT2D eigenvalue weighted by atomic mass is 32.1. The highest BCUT2D eigenvalue weighted by Crippen LogP contribution is 2.30. The number of morpholine rings is 1. The second-order valence-electron chi connectivity index (χ2n) is 5.90. The van der Waals surface area contributed by atoms with Crippen LogP contribution in [-0.4, -0.2) is 41.3 Å². The van der Waals surface area contributed by atoms with Crippen molar-refractivity contribution in [3.63, 3.8) is 0 Å². The lowest BCUT2D eigenvalue weighted by atomic mass is 10.2. The van der Waals surface area contributed by atoms with Crippen LogP contribution in [0.5, 0.6) is 0 Å². The molecule has 4 heterocycles. The van der Waals surface area contributed by atoms with Gasteiger partial charge < -0.3 is 15.0 Å². The molecule has 0 aliphatic carbocycles. The topological polar surface area (TPSA) is 63.2 Å². The van der Waals surface area contributed by atoms with Crippen LogP contribution in [0.4, 0.5) is 16.6 Å². The maximum atomic E-state index is 5.41. The molecule has 1 fully saturated rings. The van der Waals surface area contributed by atoms with Gasteiger partial charge in [-0.2, -0.15) is 0 Å². The molecule has 1 N–H and O–H groups in total. The van der Waals surface area contributed by atoms with Gasteiger partial charge in [-0.25, -0.2) is 9.97 Å². The molecule has 1 aliphatic heterocycles. The molecule has 0 atom stereocenters. The van der Waals surface area contributed by atoms with Crippen molar-refractivity contribution in [2.75, 3.05) is 36.5 Å². The molecule has 0 saturated carbocycles. The van der Waals surface area contributed by atoms with Gasteiger partial charge in [-0.15, -0.1) is 0 Å². The molecule has 0 spiro atoms. The minimum atomic E-state index is 0.769. The van der Waals surface area contributed by atoms with Crippen molar-refractivity contribution < 1.29 is 4.74 Å². The van der Waals surface area contributed by atoms with Crippen molar-refractivity contribution in [3.05, 3.63) is 48.5 Å². The molecule has 25 heavy (non-hydrogen) atoms. The van der Waals surface area contributed by atoms with E-state index in [1.165, 1.54) is 0 Å². The fourth-order valence-electron chi connectivity index (χ4n) is 2.77. The Morgan fingerprint density at radius 2 is 2.00 bits per heavy atom. The smallest absolute Gasteiger partial charge is 0.188 e. The number of rotatable bonds is 4. The lowest BCUT2D eigenvalue weighted by Crippen LogP contribution is -2.36. The third kappa shape index (κ3) is 3.78. The van der Waals surface area contributed by atoms with Crippen molar-refractivity contribution >= 4 is 28.0 Å². The quantitative estimate of drug-likeness (QED) is 0.775. The number of hydrogen-bond donors (Lipinski definition) is 1. The number of nitrogens with one attached hydrogen (secondary N) is 1. The number of thiazole rings is 1. The summed E-state index contributed by atoms with van der Waals surface area (Å²) in [6.07, 6.45) is 7.41. The summed E-state index contributed by atoms with van der Waals surface area (Å²) in [5.41, 5.74) is 3.38. The summed E-state index contributed by atoms with van der Waals surface area (Å²) in [6.45, 7) is 5.39. The van der Waals surface area contributed by atoms with Gasteiger partial charge in [0, 0.05) is 55.2 Å². The molecule has 0 bridgehead atoms. The minimum absolute atomic E-state index is 0.769. The van der Waals surface area contributed by atoms with Gasteiger partial charge >= 0.3 is 0 Å². The molecule has 1 aliphatic rings. The maximum Gasteiger partial charge on any atom is 0.188 e. The Bertz CT molecular complexity index is 860. The maximum absolute atomic E-state index is 5.41. The average Bonchev–Trinajstić information content (AvgIpc) is 3.11. The van der Waals surface area contributed by atoms with E-state index in [2.05, 4.69) is 37.3 Å². The molecule has 0 unspecified atom stereocenters. The first-order valence-electron chi connectivity index (χ1n) is 8.21. The Hall–Kier alpha value is -2.51. The SMILES string of the molecule is Cc1cncc(-c2cnc(Nc3cc(N4CCOCC4)ccn3)s2)c1. The van der Waals surface area contributed by atoms with E-state index in [-0.39, 0.29) is 0 Å². The fraction of sp³-hybridized carbons (Fsp3) is 0.278. The second kappa shape index (κ2) is 7.16. The largest absolute Gasteiger partial charge is 0.378 e. The third-order valence-corrected chi connectivity index (χ3v) is 4.98. The molecule has 0 aromatic carbocycles. The summed E-state index contributed by atoms with van der Waals surface area (Å²) in [6, 6.07) is 6.20. The van der Waals surface area contributed by atoms with E-state index < -0.39 is 0 Å². The number of aryl methyl sites for hydroxylation is 1. The normalized spacial score (nSPS) is 14.5. The minimum Gasteiger partial charge on any atom is -0.378 e. The van der Waals surface area contributed by atoms with E-state index in [1.54, 1.807) is 11.3 Å².